The molecule has 0 spiro atoms. The maximum absolute atomic E-state index is 11.8. The van der Waals surface area contributed by atoms with E-state index < -0.39 is 24.3 Å². The lowest BCUT2D eigenvalue weighted by molar-refractivity contribution is 0.0179. The fourth-order valence-electron chi connectivity index (χ4n) is 3.35. The lowest BCUT2D eigenvalue weighted by Gasteiger charge is -2.28. The van der Waals surface area contributed by atoms with Crippen LogP contribution >= 0.6 is 0 Å². The summed E-state index contributed by atoms with van der Waals surface area (Å²) < 4.78 is 0. The normalized spacial score (nSPS) is 29.5. The number of hydrogen-bond donors (Lipinski definition) is 5. The molecule has 8 nitrogen and oxygen atoms in total. The average molecular weight is 308 g/mol. The van der Waals surface area contributed by atoms with E-state index in [4.69, 9.17) is 0 Å². The number of aliphatic hydroxyl groups excluding tert-OH is 3. The second-order valence-corrected chi connectivity index (χ2v) is 5.61. The van der Waals surface area contributed by atoms with Gasteiger partial charge in [-0.05, 0) is 13.0 Å². The number of rotatable bonds is 4. The minimum absolute atomic E-state index is 0.245. The Balaban J connectivity index is 2.10. The summed E-state index contributed by atoms with van der Waals surface area (Å²) in [6.45, 7) is 2.35. The molecule has 0 radical (unpaired) electrons. The molecule has 8 heteroatoms. The second kappa shape index (κ2) is 5.81. The van der Waals surface area contributed by atoms with Crippen molar-refractivity contribution in [1.82, 2.24) is 19.9 Å². The molecule has 5 N–H and O–H groups in total. The van der Waals surface area contributed by atoms with E-state index in [0.717, 1.165) is 6.42 Å². The van der Waals surface area contributed by atoms with E-state index in [1.807, 2.05) is 11.8 Å². The van der Waals surface area contributed by atoms with Gasteiger partial charge in [-0.2, -0.15) is 0 Å². The van der Waals surface area contributed by atoms with Gasteiger partial charge in [0, 0.05) is 11.8 Å². The number of nitrogens with one attached hydrogen (secondary N) is 2. The van der Waals surface area contributed by atoms with Gasteiger partial charge in [0.25, 0.3) is 5.56 Å². The van der Waals surface area contributed by atoms with Gasteiger partial charge in [-0.25, -0.2) is 4.98 Å². The van der Waals surface area contributed by atoms with Crippen LogP contribution in [0.5, 0.6) is 0 Å². The Morgan fingerprint density at radius 2 is 2.09 bits per heavy atom. The van der Waals surface area contributed by atoms with Crippen molar-refractivity contribution in [3.63, 3.8) is 0 Å². The highest BCUT2D eigenvalue weighted by atomic mass is 16.3. The molecule has 22 heavy (non-hydrogen) atoms. The molecule has 4 atom stereocenters. The molecule has 0 saturated carbocycles. The minimum atomic E-state index is -1.05. The van der Waals surface area contributed by atoms with Gasteiger partial charge in [-0.15, -0.1) is 0 Å². The van der Waals surface area contributed by atoms with E-state index >= 15 is 0 Å². The van der Waals surface area contributed by atoms with Gasteiger partial charge in [-0.3, -0.25) is 9.69 Å². The number of aromatic amines is 2. The van der Waals surface area contributed by atoms with Crippen LogP contribution in [0.1, 0.15) is 24.9 Å². The fraction of sp³-hybridized carbons (Fsp3) is 0.571. The Kier molecular flexibility index (Phi) is 4.00. The highest BCUT2D eigenvalue weighted by Crippen LogP contribution is 2.38. The van der Waals surface area contributed by atoms with E-state index in [9.17, 15) is 20.1 Å². The summed E-state index contributed by atoms with van der Waals surface area (Å²) in [4.78, 5) is 23.2. The van der Waals surface area contributed by atoms with E-state index in [2.05, 4.69) is 15.0 Å². The van der Waals surface area contributed by atoms with Gasteiger partial charge in [0.1, 0.15) is 17.1 Å². The van der Waals surface area contributed by atoms with Crippen LogP contribution in [0.4, 0.5) is 0 Å². The first-order chi connectivity index (χ1) is 10.6. The van der Waals surface area contributed by atoms with E-state index in [1.165, 1.54) is 6.33 Å². The summed E-state index contributed by atoms with van der Waals surface area (Å²) in [6, 6.07) is -1.05. The number of aromatic nitrogens is 3. The molecule has 0 amide bonds. The summed E-state index contributed by atoms with van der Waals surface area (Å²) in [7, 11) is 0. The molecule has 3 rings (SSSR count). The SMILES string of the molecule is CCCN1[C@H](CO)[C@@H](O)[C@@H](O)[C@H]1c1c[nH]c2c(=O)[nH]cnc12. The number of nitrogens with zero attached hydrogens (tertiary/aromatic N) is 2. The number of likely N-dealkylation sites (tertiary alicyclic amines) is 1. The van der Waals surface area contributed by atoms with Crippen molar-refractivity contribution in [3.8, 4) is 0 Å². The molecule has 1 fully saturated rings. The monoisotopic (exact) mass is 308 g/mol. The first-order valence-electron chi connectivity index (χ1n) is 7.37. The van der Waals surface area contributed by atoms with Crippen LogP contribution in [0.2, 0.25) is 0 Å². The van der Waals surface area contributed by atoms with Crippen LogP contribution in [0.15, 0.2) is 17.3 Å². The van der Waals surface area contributed by atoms with Crippen molar-refractivity contribution in [2.45, 2.75) is 37.6 Å². The Bertz CT molecular complexity index is 712. The molecule has 0 bridgehead atoms. The molecule has 2 aromatic rings. The number of fused-ring (bicyclic) bond motifs is 1. The van der Waals surface area contributed by atoms with Gasteiger partial charge in [0.15, 0.2) is 0 Å². The Morgan fingerprint density at radius 3 is 2.77 bits per heavy atom. The highest BCUT2D eigenvalue weighted by Gasteiger charge is 2.48. The van der Waals surface area contributed by atoms with Crippen molar-refractivity contribution < 1.29 is 15.3 Å². The van der Waals surface area contributed by atoms with Crippen molar-refractivity contribution in [1.29, 1.82) is 0 Å². The fourth-order valence-corrected chi connectivity index (χ4v) is 3.35. The molecule has 1 saturated heterocycles. The quantitative estimate of drug-likeness (QED) is 0.498. The van der Waals surface area contributed by atoms with Crippen LogP contribution in [0, 0.1) is 0 Å². The third kappa shape index (κ3) is 2.15. The van der Waals surface area contributed by atoms with Crippen LogP contribution in [-0.2, 0) is 0 Å². The lowest BCUT2D eigenvalue weighted by Crippen LogP contribution is -2.39. The van der Waals surface area contributed by atoms with Crippen molar-refractivity contribution in [2.75, 3.05) is 13.2 Å². The summed E-state index contributed by atoms with van der Waals surface area (Å²) in [5.41, 5.74) is 1.17. The molecule has 1 aliphatic rings. The minimum Gasteiger partial charge on any atom is -0.395 e. The predicted octanol–water partition coefficient (Wildman–Crippen LogP) is -0.899. The molecule has 120 valence electrons. The van der Waals surface area contributed by atoms with Crippen molar-refractivity contribution in [2.24, 2.45) is 0 Å². The van der Waals surface area contributed by atoms with Crippen LogP contribution in [-0.4, -0.2) is 66.6 Å². The summed E-state index contributed by atoms with van der Waals surface area (Å²) in [5, 5.41) is 30.2. The number of aliphatic hydroxyl groups is 3. The zero-order chi connectivity index (χ0) is 15.9. The van der Waals surface area contributed by atoms with Gasteiger partial charge in [-0.1, -0.05) is 6.92 Å². The van der Waals surface area contributed by atoms with Crippen LogP contribution in [0.25, 0.3) is 11.0 Å². The van der Waals surface area contributed by atoms with Crippen molar-refractivity contribution >= 4 is 11.0 Å². The third-order valence-corrected chi connectivity index (χ3v) is 4.34. The molecule has 2 aromatic heterocycles. The predicted molar refractivity (Wildman–Crippen MR) is 79.3 cm³/mol. The van der Waals surface area contributed by atoms with E-state index in [-0.39, 0.29) is 12.2 Å². The summed E-state index contributed by atoms with van der Waals surface area (Å²) in [6.07, 6.45) is 1.66. The second-order valence-electron chi connectivity index (χ2n) is 5.61. The first kappa shape index (κ1) is 15.2. The molecular weight excluding hydrogens is 288 g/mol. The average Bonchev–Trinajstić information content (AvgIpc) is 3.02. The standard InChI is InChI=1S/C14H20N4O4/c1-2-3-18-8(5-19)12(20)13(21)11(18)7-4-15-10-9(7)16-6-17-14(10)22/h4,6,8,11-13,15,19-21H,2-3,5H2,1H3,(H,16,17,22)/t8-,11-,12-,13+/m1/s1. The third-order valence-electron chi connectivity index (χ3n) is 4.34. The Hall–Kier alpha value is -1.74. The van der Waals surface area contributed by atoms with Gasteiger partial charge in [0.05, 0.1) is 31.1 Å². The largest absolute Gasteiger partial charge is 0.395 e. The van der Waals surface area contributed by atoms with Gasteiger partial charge >= 0.3 is 0 Å². The Morgan fingerprint density at radius 1 is 1.32 bits per heavy atom. The van der Waals surface area contributed by atoms with Crippen molar-refractivity contribution in [3.05, 3.63) is 28.4 Å². The summed E-state index contributed by atoms with van der Waals surface area (Å²) >= 11 is 0. The zero-order valence-electron chi connectivity index (χ0n) is 12.2. The maximum atomic E-state index is 11.8. The van der Waals surface area contributed by atoms with E-state index in [0.29, 0.717) is 23.1 Å². The number of hydrogen-bond acceptors (Lipinski definition) is 6. The molecule has 0 aromatic carbocycles. The molecule has 0 unspecified atom stereocenters. The summed E-state index contributed by atoms with van der Waals surface area (Å²) in [5.74, 6) is 0. The molecule has 3 heterocycles. The number of H-pyrrole nitrogens is 2. The molecule has 0 aliphatic carbocycles. The molecular formula is C14H20N4O4. The maximum Gasteiger partial charge on any atom is 0.275 e. The van der Waals surface area contributed by atoms with Crippen LogP contribution < -0.4 is 5.56 Å². The van der Waals surface area contributed by atoms with E-state index in [1.54, 1.807) is 6.20 Å². The molecule has 1 aliphatic heterocycles. The van der Waals surface area contributed by atoms with Gasteiger partial charge < -0.3 is 25.3 Å². The highest BCUT2D eigenvalue weighted by molar-refractivity contribution is 5.78. The zero-order valence-corrected chi connectivity index (χ0v) is 12.2. The topological polar surface area (TPSA) is 125 Å². The lowest BCUT2D eigenvalue weighted by atomic mass is 10.0. The van der Waals surface area contributed by atoms with Crippen LogP contribution in [0.3, 0.4) is 0 Å². The van der Waals surface area contributed by atoms with Gasteiger partial charge in [0.2, 0.25) is 0 Å². The Labute approximate surface area is 126 Å². The smallest absolute Gasteiger partial charge is 0.275 e. The first-order valence-corrected chi connectivity index (χ1v) is 7.37.